The van der Waals surface area contributed by atoms with Crippen LogP contribution in [0.4, 0.5) is 5.69 Å². The summed E-state index contributed by atoms with van der Waals surface area (Å²) in [5, 5.41) is 12.3. The Hall–Kier alpha value is -4.40. The Morgan fingerprint density at radius 2 is 1.65 bits per heavy atom. The zero-order chi connectivity index (χ0) is 28.1. The summed E-state index contributed by atoms with van der Waals surface area (Å²) in [6, 6.07) is 20.1. The molecule has 0 spiro atoms. The number of benzene rings is 3. The van der Waals surface area contributed by atoms with E-state index in [0.29, 0.717) is 27.4 Å². The molecule has 10 heteroatoms. The highest BCUT2D eigenvalue weighted by Gasteiger charge is 2.25. The van der Waals surface area contributed by atoms with Crippen molar-refractivity contribution in [1.29, 1.82) is 0 Å². The Morgan fingerprint density at radius 3 is 2.25 bits per heavy atom. The SMILES string of the molecule is COc1cn([C@@H](Cc2ccccc2)C(=O)Nc2ccc(C(=O)O)cc2)c(=O)cc1-c1cc(Cl)ccc1C(C)=O.Cl. The molecule has 4 rings (SSSR count). The van der Waals surface area contributed by atoms with Crippen LogP contribution in [-0.2, 0) is 11.2 Å². The molecular weight excluding hydrogens is 555 g/mol. The van der Waals surface area contributed by atoms with Crippen molar-refractivity contribution in [3.8, 4) is 16.9 Å². The second-order valence-corrected chi connectivity index (χ2v) is 9.26. The van der Waals surface area contributed by atoms with Crippen LogP contribution >= 0.6 is 24.0 Å². The van der Waals surface area contributed by atoms with Gasteiger partial charge < -0.3 is 15.2 Å². The Kier molecular flexibility index (Phi) is 9.87. The van der Waals surface area contributed by atoms with Gasteiger partial charge in [-0.15, -0.1) is 12.4 Å². The van der Waals surface area contributed by atoms with Gasteiger partial charge in [0.1, 0.15) is 11.8 Å². The molecule has 206 valence electrons. The van der Waals surface area contributed by atoms with Crippen LogP contribution in [0, 0.1) is 0 Å². The van der Waals surface area contributed by atoms with Gasteiger partial charge in [-0.25, -0.2) is 4.79 Å². The third-order valence-electron chi connectivity index (χ3n) is 6.22. The predicted molar refractivity (Wildman–Crippen MR) is 156 cm³/mol. The van der Waals surface area contributed by atoms with E-state index < -0.39 is 23.5 Å². The number of ketones is 1. The van der Waals surface area contributed by atoms with Gasteiger partial charge in [0.15, 0.2) is 5.78 Å². The summed E-state index contributed by atoms with van der Waals surface area (Å²) in [6.07, 6.45) is 1.64. The van der Waals surface area contributed by atoms with Crippen LogP contribution in [0.25, 0.3) is 11.1 Å². The van der Waals surface area contributed by atoms with Gasteiger partial charge in [-0.3, -0.25) is 19.0 Å². The topological polar surface area (TPSA) is 115 Å². The molecule has 40 heavy (non-hydrogen) atoms. The number of methoxy groups -OCH3 is 1. The number of hydrogen-bond donors (Lipinski definition) is 2. The Labute approximate surface area is 241 Å². The molecule has 1 amide bonds. The van der Waals surface area contributed by atoms with Crippen LogP contribution in [0.15, 0.2) is 89.9 Å². The van der Waals surface area contributed by atoms with E-state index in [1.165, 1.54) is 55.1 Å². The summed E-state index contributed by atoms with van der Waals surface area (Å²) in [5.74, 6) is -1.49. The maximum Gasteiger partial charge on any atom is 0.335 e. The molecule has 0 aliphatic carbocycles. The third-order valence-corrected chi connectivity index (χ3v) is 6.46. The molecule has 1 heterocycles. The van der Waals surface area contributed by atoms with Gasteiger partial charge in [-0.05, 0) is 60.5 Å². The first kappa shape index (κ1) is 30.1. The zero-order valence-corrected chi connectivity index (χ0v) is 23.2. The summed E-state index contributed by atoms with van der Waals surface area (Å²) in [5.41, 5.74) is 1.98. The van der Waals surface area contributed by atoms with Gasteiger partial charge in [-0.1, -0.05) is 41.9 Å². The summed E-state index contributed by atoms with van der Waals surface area (Å²) in [7, 11) is 1.43. The minimum atomic E-state index is -1.08. The van der Waals surface area contributed by atoms with Crippen LogP contribution in [0.5, 0.6) is 5.75 Å². The number of nitrogens with zero attached hydrogens (tertiary/aromatic N) is 1. The van der Waals surface area contributed by atoms with E-state index >= 15 is 0 Å². The molecule has 0 fully saturated rings. The van der Waals surface area contributed by atoms with E-state index in [4.69, 9.17) is 21.4 Å². The van der Waals surface area contributed by atoms with Crippen molar-refractivity contribution in [2.75, 3.05) is 12.4 Å². The number of carbonyl (C=O) groups excluding carboxylic acids is 2. The van der Waals surface area contributed by atoms with Crippen molar-refractivity contribution in [2.24, 2.45) is 0 Å². The summed E-state index contributed by atoms with van der Waals surface area (Å²) in [4.78, 5) is 50.5. The minimum absolute atomic E-state index is 0. The molecule has 1 atom stereocenters. The van der Waals surface area contributed by atoms with Crippen molar-refractivity contribution < 1.29 is 24.2 Å². The molecule has 0 saturated carbocycles. The van der Waals surface area contributed by atoms with Crippen molar-refractivity contribution in [3.05, 3.63) is 117 Å². The highest BCUT2D eigenvalue weighted by Crippen LogP contribution is 2.34. The highest BCUT2D eigenvalue weighted by atomic mass is 35.5. The largest absolute Gasteiger partial charge is 0.495 e. The van der Waals surface area contributed by atoms with E-state index in [1.807, 2.05) is 30.3 Å². The number of carboxylic acid groups (broad SMARTS) is 1. The van der Waals surface area contributed by atoms with Gasteiger partial charge in [-0.2, -0.15) is 0 Å². The molecule has 0 saturated heterocycles. The summed E-state index contributed by atoms with van der Waals surface area (Å²) < 4.78 is 6.89. The fourth-order valence-corrected chi connectivity index (χ4v) is 4.44. The Balaban J connectivity index is 0.00000441. The second kappa shape index (κ2) is 13.1. The smallest absolute Gasteiger partial charge is 0.335 e. The van der Waals surface area contributed by atoms with Gasteiger partial charge >= 0.3 is 5.97 Å². The number of pyridine rings is 1. The fourth-order valence-electron chi connectivity index (χ4n) is 4.27. The Bertz CT molecular complexity index is 1600. The number of carbonyl (C=O) groups is 3. The van der Waals surface area contributed by atoms with Crippen LogP contribution in [0.3, 0.4) is 0 Å². The summed E-state index contributed by atoms with van der Waals surface area (Å²) in [6.45, 7) is 1.42. The van der Waals surface area contributed by atoms with Crippen LogP contribution in [0.1, 0.15) is 39.2 Å². The quantitative estimate of drug-likeness (QED) is 0.237. The lowest BCUT2D eigenvalue weighted by molar-refractivity contribution is -0.119. The number of halogens is 2. The number of carboxylic acids is 1. The fraction of sp³-hybridized carbons (Fsp3) is 0.133. The number of aromatic carboxylic acids is 1. The third kappa shape index (κ3) is 6.77. The molecule has 0 unspecified atom stereocenters. The van der Waals surface area contributed by atoms with E-state index in [0.717, 1.165) is 5.56 Å². The number of hydrogen-bond acceptors (Lipinski definition) is 5. The van der Waals surface area contributed by atoms with Gasteiger partial charge in [0, 0.05) is 34.3 Å². The number of amides is 1. The van der Waals surface area contributed by atoms with Crippen molar-refractivity contribution in [1.82, 2.24) is 4.57 Å². The average Bonchev–Trinajstić information content (AvgIpc) is 2.92. The minimum Gasteiger partial charge on any atom is -0.495 e. The number of rotatable bonds is 9. The molecule has 2 N–H and O–H groups in total. The maximum absolute atomic E-state index is 13.5. The van der Waals surface area contributed by atoms with Crippen molar-refractivity contribution >= 4 is 47.4 Å². The number of aromatic nitrogens is 1. The normalized spacial score (nSPS) is 11.2. The molecule has 8 nitrogen and oxygen atoms in total. The lowest BCUT2D eigenvalue weighted by atomic mass is 9.97. The van der Waals surface area contributed by atoms with Crippen molar-refractivity contribution in [2.45, 2.75) is 19.4 Å². The molecule has 4 aromatic rings. The predicted octanol–water partition coefficient (Wildman–Crippen LogP) is 5.92. The number of anilines is 1. The van der Waals surface area contributed by atoms with Gasteiger partial charge in [0.05, 0.1) is 18.9 Å². The van der Waals surface area contributed by atoms with E-state index in [9.17, 15) is 19.2 Å². The first-order valence-corrected chi connectivity index (χ1v) is 12.3. The first-order valence-electron chi connectivity index (χ1n) is 12.0. The number of Topliss-reactive ketones (excluding diaryl/α,β-unsaturated/α-hetero) is 1. The van der Waals surface area contributed by atoms with Crippen LogP contribution in [-0.4, -0.2) is 34.4 Å². The highest BCUT2D eigenvalue weighted by molar-refractivity contribution is 6.31. The van der Waals surface area contributed by atoms with E-state index in [2.05, 4.69) is 5.32 Å². The lowest BCUT2D eigenvalue weighted by Crippen LogP contribution is -2.34. The van der Waals surface area contributed by atoms with Crippen LogP contribution in [0.2, 0.25) is 5.02 Å². The van der Waals surface area contributed by atoms with Crippen LogP contribution < -0.4 is 15.6 Å². The number of nitrogens with one attached hydrogen (secondary N) is 1. The van der Waals surface area contributed by atoms with Gasteiger partial charge in [0.25, 0.3) is 5.56 Å². The lowest BCUT2D eigenvalue weighted by Gasteiger charge is -2.22. The Morgan fingerprint density at radius 1 is 0.975 bits per heavy atom. The maximum atomic E-state index is 13.5. The van der Waals surface area contributed by atoms with Crippen molar-refractivity contribution in [3.63, 3.8) is 0 Å². The molecular formula is C30H26Cl2N2O6. The zero-order valence-electron chi connectivity index (χ0n) is 21.6. The molecule has 0 aliphatic heterocycles. The molecule has 0 bridgehead atoms. The standard InChI is InChI=1S/C30H25ClN2O6.ClH/c1-18(34)23-13-10-21(31)15-24(23)25-16-28(35)33(17-27(25)39-2)26(14-19-6-4-3-5-7-19)29(36)32-22-11-8-20(9-12-22)30(37)38;/h3-13,15-17,26H,14H2,1-2H3,(H,32,36)(H,37,38);1H/t26-;/m0./s1. The first-order chi connectivity index (χ1) is 18.7. The molecule has 1 aromatic heterocycles. The summed E-state index contributed by atoms with van der Waals surface area (Å²) >= 11 is 6.20. The monoisotopic (exact) mass is 580 g/mol. The van der Waals surface area contributed by atoms with Gasteiger partial charge in [0.2, 0.25) is 5.91 Å². The van der Waals surface area contributed by atoms with E-state index in [1.54, 1.807) is 18.2 Å². The second-order valence-electron chi connectivity index (χ2n) is 8.82. The molecule has 0 radical (unpaired) electrons. The molecule has 3 aromatic carbocycles. The molecule has 0 aliphatic rings. The van der Waals surface area contributed by atoms with E-state index in [-0.39, 0.29) is 35.9 Å². The number of ether oxygens (including phenoxy) is 1. The average molecular weight is 581 g/mol.